The molecule has 0 atom stereocenters. The standard InChI is InChI=1S/C13H26N2O5/c1-13(2,3)20-15(8-10-19-9-7-14)11(16)5-4-6-12(17)18/h4-10,14H2,1-3H3,(H,17,18). The molecule has 0 bridgehead atoms. The van der Waals surface area contributed by atoms with Crippen LogP contribution in [0.3, 0.4) is 0 Å². The molecule has 0 aliphatic heterocycles. The highest BCUT2D eigenvalue weighted by Crippen LogP contribution is 2.12. The molecule has 0 unspecified atom stereocenters. The molecule has 3 N–H and O–H groups in total. The lowest BCUT2D eigenvalue weighted by molar-refractivity contribution is -0.230. The molecule has 0 aromatic rings. The van der Waals surface area contributed by atoms with Crippen molar-refractivity contribution in [3.8, 4) is 0 Å². The van der Waals surface area contributed by atoms with Gasteiger partial charge >= 0.3 is 5.97 Å². The van der Waals surface area contributed by atoms with E-state index in [0.29, 0.717) is 32.7 Å². The van der Waals surface area contributed by atoms with Gasteiger partial charge in [-0.3, -0.25) is 14.4 Å². The molecule has 1 amide bonds. The molecule has 0 fully saturated rings. The molecule has 0 aromatic carbocycles. The van der Waals surface area contributed by atoms with Crippen LogP contribution in [0, 0.1) is 0 Å². The number of hydrogen-bond acceptors (Lipinski definition) is 5. The zero-order valence-electron chi connectivity index (χ0n) is 12.6. The third kappa shape index (κ3) is 10.7. The van der Waals surface area contributed by atoms with Gasteiger partial charge in [0.1, 0.15) is 0 Å². The number of carboxylic acids is 1. The molecule has 0 heterocycles. The van der Waals surface area contributed by atoms with Gasteiger partial charge in [0.25, 0.3) is 0 Å². The minimum Gasteiger partial charge on any atom is -0.481 e. The van der Waals surface area contributed by atoms with E-state index < -0.39 is 11.6 Å². The van der Waals surface area contributed by atoms with Gasteiger partial charge in [-0.05, 0) is 27.2 Å². The minimum absolute atomic E-state index is 0.0290. The first-order chi connectivity index (χ1) is 9.26. The molecule has 0 aromatic heterocycles. The third-order valence-corrected chi connectivity index (χ3v) is 2.14. The van der Waals surface area contributed by atoms with Crippen molar-refractivity contribution in [2.24, 2.45) is 5.73 Å². The van der Waals surface area contributed by atoms with Crippen LogP contribution in [0.5, 0.6) is 0 Å². The molecule has 0 saturated carbocycles. The summed E-state index contributed by atoms with van der Waals surface area (Å²) in [4.78, 5) is 28.0. The normalized spacial score (nSPS) is 11.4. The SMILES string of the molecule is CC(C)(C)ON(CCOCCN)C(=O)CCCC(=O)O. The summed E-state index contributed by atoms with van der Waals surface area (Å²) in [5, 5.41) is 9.81. The summed E-state index contributed by atoms with van der Waals surface area (Å²) in [5.74, 6) is -1.15. The van der Waals surface area contributed by atoms with E-state index >= 15 is 0 Å². The van der Waals surface area contributed by atoms with Crippen LogP contribution in [0.1, 0.15) is 40.0 Å². The molecule has 0 spiro atoms. The maximum absolute atomic E-state index is 12.0. The second-order valence-corrected chi connectivity index (χ2v) is 5.35. The average Bonchev–Trinajstić information content (AvgIpc) is 2.31. The predicted molar refractivity (Wildman–Crippen MR) is 73.9 cm³/mol. The number of amides is 1. The van der Waals surface area contributed by atoms with Gasteiger partial charge in [0.05, 0.1) is 25.4 Å². The first-order valence-corrected chi connectivity index (χ1v) is 6.75. The maximum atomic E-state index is 12.0. The molecule has 118 valence electrons. The summed E-state index contributed by atoms with van der Waals surface area (Å²) in [7, 11) is 0. The molecule has 0 aliphatic carbocycles. The Kier molecular flexibility index (Phi) is 9.11. The van der Waals surface area contributed by atoms with E-state index in [9.17, 15) is 9.59 Å². The van der Waals surface area contributed by atoms with Crippen LogP contribution < -0.4 is 5.73 Å². The fraction of sp³-hybridized carbons (Fsp3) is 0.846. The Labute approximate surface area is 120 Å². The summed E-state index contributed by atoms with van der Waals surface area (Å²) in [5.41, 5.74) is 4.80. The van der Waals surface area contributed by atoms with Crippen LogP contribution in [-0.2, 0) is 19.2 Å². The lowest BCUT2D eigenvalue weighted by Gasteiger charge is -2.29. The molecule has 7 heteroatoms. The predicted octanol–water partition coefficient (Wildman–Crippen LogP) is 0.775. The van der Waals surface area contributed by atoms with Crippen molar-refractivity contribution in [1.82, 2.24) is 5.06 Å². The van der Waals surface area contributed by atoms with E-state index in [1.807, 2.05) is 20.8 Å². The molecule has 0 aliphatic rings. The number of aliphatic carboxylic acids is 1. The number of carbonyl (C=O) groups is 2. The third-order valence-electron chi connectivity index (χ3n) is 2.14. The highest BCUT2D eigenvalue weighted by Gasteiger charge is 2.21. The molecule has 0 rings (SSSR count). The quantitative estimate of drug-likeness (QED) is 0.455. The van der Waals surface area contributed by atoms with E-state index in [2.05, 4.69) is 0 Å². The molecule has 7 nitrogen and oxygen atoms in total. The smallest absolute Gasteiger partial charge is 0.303 e. The number of nitrogens with two attached hydrogens (primary N) is 1. The molecular formula is C13H26N2O5. The monoisotopic (exact) mass is 290 g/mol. The number of carbonyl (C=O) groups excluding carboxylic acids is 1. The minimum atomic E-state index is -0.910. The van der Waals surface area contributed by atoms with Crippen LogP contribution in [0.2, 0.25) is 0 Å². The largest absolute Gasteiger partial charge is 0.481 e. The van der Waals surface area contributed by atoms with Crippen LogP contribution in [0.15, 0.2) is 0 Å². The van der Waals surface area contributed by atoms with Gasteiger partial charge in [-0.25, -0.2) is 5.06 Å². The van der Waals surface area contributed by atoms with Crippen molar-refractivity contribution in [3.63, 3.8) is 0 Å². The van der Waals surface area contributed by atoms with Crippen molar-refractivity contribution in [1.29, 1.82) is 0 Å². The zero-order valence-corrected chi connectivity index (χ0v) is 12.6. The summed E-state index contributed by atoms with van der Waals surface area (Å²) >= 11 is 0. The number of carboxylic acid groups (broad SMARTS) is 1. The Morgan fingerprint density at radius 3 is 2.35 bits per heavy atom. The average molecular weight is 290 g/mol. The van der Waals surface area contributed by atoms with Gasteiger partial charge in [-0.15, -0.1) is 0 Å². The Hall–Kier alpha value is -1.18. The Morgan fingerprint density at radius 2 is 1.85 bits per heavy atom. The summed E-state index contributed by atoms with van der Waals surface area (Å²) in [6, 6.07) is 0. The number of hydroxylamine groups is 2. The highest BCUT2D eigenvalue weighted by molar-refractivity contribution is 5.76. The van der Waals surface area contributed by atoms with Gasteiger partial charge in [-0.2, -0.15) is 0 Å². The number of hydrogen-bond donors (Lipinski definition) is 2. The fourth-order valence-electron chi connectivity index (χ4n) is 1.40. The van der Waals surface area contributed by atoms with Crippen molar-refractivity contribution in [3.05, 3.63) is 0 Å². The molecule has 20 heavy (non-hydrogen) atoms. The van der Waals surface area contributed by atoms with E-state index in [4.69, 9.17) is 20.4 Å². The van der Waals surface area contributed by atoms with Gasteiger partial charge in [0.15, 0.2) is 0 Å². The second-order valence-electron chi connectivity index (χ2n) is 5.35. The van der Waals surface area contributed by atoms with Crippen molar-refractivity contribution < 1.29 is 24.3 Å². The lowest BCUT2D eigenvalue weighted by Crippen LogP contribution is -2.40. The van der Waals surface area contributed by atoms with Crippen LogP contribution >= 0.6 is 0 Å². The Balaban J connectivity index is 4.27. The Bertz CT molecular complexity index is 302. The summed E-state index contributed by atoms with van der Waals surface area (Å²) in [6.07, 6.45) is 0.403. The highest BCUT2D eigenvalue weighted by atomic mass is 16.7. The Morgan fingerprint density at radius 1 is 1.20 bits per heavy atom. The van der Waals surface area contributed by atoms with E-state index in [1.165, 1.54) is 5.06 Å². The summed E-state index contributed by atoms with van der Waals surface area (Å²) in [6.45, 7) is 6.99. The van der Waals surface area contributed by atoms with Crippen molar-refractivity contribution >= 4 is 11.9 Å². The number of ether oxygens (including phenoxy) is 1. The fourth-order valence-corrected chi connectivity index (χ4v) is 1.40. The maximum Gasteiger partial charge on any atom is 0.303 e. The molecule has 0 radical (unpaired) electrons. The number of rotatable bonds is 10. The first-order valence-electron chi connectivity index (χ1n) is 6.75. The van der Waals surface area contributed by atoms with Crippen molar-refractivity contribution in [2.45, 2.75) is 45.6 Å². The molecular weight excluding hydrogens is 264 g/mol. The van der Waals surface area contributed by atoms with Gasteiger partial charge in [0.2, 0.25) is 5.91 Å². The van der Waals surface area contributed by atoms with E-state index in [-0.39, 0.29) is 18.7 Å². The van der Waals surface area contributed by atoms with E-state index in [1.54, 1.807) is 0 Å². The molecule has 0 saturated heterocycles. The zero-order chi connectivity index (χ0) is 15.6. The topological polar surface area (TPSA) is 102 Å². The van der Waals surface area contributed by atoms with Gasteiger partial charge < -0.3 is 15.6 Å². The van der Waals surface area contributed by atoms with Crippen molar-refractivity contribution in [2.75, 3.05) is 26.3 Å². The van der Waals surface area contributed by atoms with E-state index in [0.717, 1.165) is 0 Å². The van der Waals surface area contributed by atoms with Gasteiger partial charge in [-0.1, -0.05) is 0 Å². The van der Waals surface area contributed by atoms with Gasteiger partial charge in [0, 0.05) is 19.4 Å². The first kappa shape index (κ1) is 18.8. The lowest BCUT2D eigenvalue weighted by atomic mass is 10.2. The van der Waals surface area contributed by atoms with Crippen LogP contribution in [-0.4, -0.2) is 54.0 Å². The summed E-state index contributed by atoms with van der Waals surface area (Å²) < 4.78 is 5.23. The second kappa shape index (κ2) is 9.68. The van der Waals surface area contributed by atoms with Crippen LogP contribution in [0.25, 0.3) is 0 Å². The number of nitrogens with zero attached hydrogens (tertiary/aromatic N) is 1. The van der Waals surface area contributed by atoms with Crippen LogP contribution in [0.4, 0.5) is 0 Å².